The summed E-state index contributed by atoms with van der Waals surface area (Å²) < 4.78 is 24.0. The van der Waals surface area contributed by atoms with Gasteiger partial charge in [-0.05, 0) is 36.2 Å². The van der Waals surface area contributed by atoms with Gasteiger partial charge in [-0.3, -0.25) is 9.59 Å². The molecule has 8 heteroatoms. The van der Waals surface area contributed by atoms with E-state index in [0.29, 0.717) is 16.9 Å². The Morgan fingerprint density at radius 3 is 2.34 bits per heavy atom. The normalized spacial score (nSPS) is 17.1. The monoisotopic (exact) mass is 495 g/mol. The van der Waals surface area contributed by atoms with Gasteiger partial charge in [0.05, 0.1) is 36.4 Å². The van der Waals surface area contributed by atoms with Crippen LogP contribution in [0.15, 0.2) is 66.2 Å². The first kappa shape index (κ1) is 24.3. The number of likely N-dealkylation sites (tertiary alicyclic amines) is 1. The lowest BCUT2D eigenvalue weighted by atomic mass is 9.94. The molecular weight excluding hydrogens is 473 g/mol. The third-order valence-electron chi connectivity index (χ3n) is 5.89. The minimum atomic E-state index is -0.884. The zero-order valence-electron chi connectivity index (χ0n) is 19.3. The largest absolute Gasteiger partial charge is 0.507 e. The van der Waals surface area contributed by atoms with Crippen molar-refractivity contribution in [2.24, 2.45) is 0 Å². The van der Waals surface area contributed by atoms with E-state index in [0.717, 1.165) is 5.56 Å². The van der Waals surface area contributed by atoms with Crippen LogP contribution in [0.1, 0.15) is 28.3 Å². The number of halogens is 2. The van der Waals surface area contributed by atoms with Crippen molar-refractivity contribution in [1.29, 1.82) is 0 Å². The third-order valence-corrected chi connectivity index (χ3v) is 6.19. The number of Topliss-reactive ketones (excluding diaryl/α,β-unsaturated/α-hetero) is 1. The molecule has 0 aromatic heterocycles. The predicted molar refractivity (Wildman–Crippen MR) is 130 cm³/mol. The second-order valence-electron chi connectivity index (χ2n) is 8.15. The molecule has 1 heterocycles. The molecule has 1 aliphatic rings. The Morgan fingerprint density at radius 1 is 1.03 bits per heavy atom. The van der Waals surface area contributed by atoms with E-state index in [2.05, 4.69) is 0 Å². The van der Waals surface area contributed by atoms with Crippen molar-refractivity contribution < 1.29 is 28.6 Å². The van der Waals surface area contributed by atoms with Crippen LogP contribution < -0.4 is 9.47 Å². The Morgan fingerprint density at radius 2 is 1.71 bits per heavy atom. The van der Waals surface area contributed by atoms with Gasteiger partial charge >= 0.3 is 0 Å². The number of nitrogens with zero attached hydrogens (tertiary/aromatic N) is 1. The molecule has 35 heavy (non-hydrogen) atoms. The quantitative estimate of drug-likeness (QED) is 0.280. The molecule has 1 aliphatic heterocycles. The molecule has 3 aromatic carbocycles. The molecule has 0 bridgehead atoms. The Kier molecular flexibility index (Phi) is 6.80. The highest BCUT2D eigenvalue weighted by atomic mass is 35.5. The van der Waals surface area contributed by atoms with Crippen molar-refractivity contribution >= 4 is 29.1 Å². The SMILES string of the molecule is COc1cc(OC)c(/C(O)=C2\C(=O)C(=O)N(Cc3ccc(F)cc3)C2c2cccc(C)c2)cc1Cl. The maximum absolute atomic E-state index is 13.4. The Labute approximate surface area is 207 Å². The van der Waals surface area contributed by atoms with Crippen LogP contribution in [0.2, 0.25) is 5.02 Å². The van der Waals surface area contributed by atoms with E-state index in [1.165, 1.54) is 43.4 Å². The number of amides is 1. The molecule has 0 saturated carbocycles. The number of methoxy groups -OCH3 is 2. The molecule has 1 amide bonds. The Bertz CT molecular complexity index is 1340. The van der Waals surface area contributed by atoms with Crippen LogP contribution in [-0.4, -0.2) is 35.9 Å². The maximum Gasteiger partial charge on any atom is 0.295 e. The lowest BCUT2D eigenvalue weighted by Crippen LogP contribution is -2.29. The van der Waals surface area contributed by atoms with Crippen molar-refractivity contribution in [3.63, 3.8) is 0 Å². The molecule has 4 rings (SSSR count). The fraction of sp³-hybridized carbons (Fsp3) is 0.185. The number of aryl methyl sites for hydroxylation is 1. The van der Waals surface area contributed by atoms with Gasteiger partial charge in [0.2, 0.25) is 0 Å². The van der Waals surface area contributed by atoms with E-state index in [1.54, 1.807) is 18.2 Å². The first-order valence-electron chi connectivity index (χ1n) is 10.8. The third kappa shape index (κ3) is 4.59. The van der Waals surface area contributed by atoms with Crippen molar-refractivity contribution in [3.8, 4) is 11.5 Å². The van der Waals surface area contributed by atoms with E-state index >= 15 is 0 Å². The minimum Gasteiger partial charge on any atom is -0.507 e. The van der Waals surface area contributed by atoms with Crippen molar-refractivity contribution in [2.45, 2.75) is 19.5 Å². The van der Waals surface area contributed by atoms with E-state index in [4.69, 9.17) is 21.1 Å². The first-order chi connectivity index (χ1) is 16.7. The molecule has 1 N–H and O–H groups in total. The number of benzene rings is 3. The highest BCUT2D eigenvalue weighted by molar-refractivity contribution is 6.46. The van der Waals surface area contributed by atoms with Gasteiger partial charge in [0.1, 0.15) is 23.1 Å². The van der Waals surface area contributed by atoms with Gasteiger partial charge < -0.3 is 19.5 Å². The lowest BCUT2D eigenvalue weighted by molar-refractivity contribution is -0.140. The zero-order valence-corrected chi connectivity index (χ0v) is 20.1. The van der Waals surface area contributed by atoms with Gasteiger partial charge in [-0.15, -0.1) is 0 Å². The van der Waals surface area contributed by atoms with Crippen LogP contribution in [0.3, 0.4) is 0 Å². The van der Waals surface area contributed by atoms with E-state index < -0.39 is 29.3 Å². The van der Waals surface area contributed by atoms with Crippen molar-refractivity contribution in [1.82, 2.24) is 4.90 Å². The lowest BCUT2D eigenvalue weighted by Gasteiger charge is -2.26. The second-order valence-corrected chi connectivity index (χ2v) is 8.56. The van der Waals surface area contributed by atoms with Crippen LogP contribution in [0, 0.1) is 12.7 Å². The molecule has 180 valence electrons. The van der Waals surface area contributed by atoms with Gasteiger partial charge in [-0.1, -0.05) is 53.6 Å². The van der Waals surface area contributed by atoms with E-state index in [9.17, 15) is 19.1 Å². The first-order valence-corrected chi connectivity index (χ1v) is 11.1. The molecule has 1 fully saturated rings. The zero-order chi connectivity index (χ0) is 25.3. The molecule has 1 saturated heterocycles. The summed E-state index contributed by atoms with van der Waals surface area (Å²) in [6.45, 7) is 1.93. The fourth-order valence-corrected chi connectivity index (χ4v) is 4.45. The molecule has 0 spiro atoms. The molecule has 1 unspecified atom stereocenters. The van der Waals surface area contributed by atoms with Crippen LogP contribution in [0.5, 0.6) is 11.5 Å². The molecule has 3 aromatic rings. The van der Waals surface area contributed by atoms with Crippen molar-refractivity contribution in [2.75, 3.05) is 14.2 Å². The number of hydrogen-bond acceptors (Lipinski definition) is 5. The minimum absolute atomic E-state index is 0.0424. The predicted octanol–water partition coefficient (Wildman–Crippen LogP) is 5.43. The molecule has 6 nitrogen and oxygen atoms in total. The summed E-state index contributed by atoms with van der Waals surface area (Å²) in [4.78, 5) is 27.8. The average Bonchev–Trinajstić information content (AvgIpc) is 3.09. The highest BCUT2D eigenvalue weighted by Gasteiger charge is 2.46. The topological polar surface area (TPSA) is 76.1 Å². The summed E-state index contributed by atoms with van der Waals surface area (Å²) in [5.41, 5.74) is 2.25. The molecule has 0 aliphatic carbocycles. The number of aliphatic hydroxyl groups excluding tert-OH is 1. The number of ketones is 1. The van der Waals surface area contributed by atoms with Crippen LogP contribution >= 0.6 is 11.6 Å². The van der Waals surface area contributed by atoms with Crippen LogP contribution in [-0.2, 0) is 16.1 Å². The second kappa shape index (κ2) is 9.80. The van der Waals surface area contributed by atoms with E-state index in [-0.39, 0.29) is 28.5 Å². The summed E-state index contributed by atoms with van der Waals surface area (Å²) in [5.74, 6) is -1.90. The molecule has 0 radical (unpaired) electrons. The summed E-state index contributed by atoms with van der Waals surface area (Å²) in [5, 5.41) is 11.6. The Balaban J connectivity index is 1.91. The van der Waals surface area contributed by atoms with Gasteiger partial charge in [0.15, 0.2) is 0 Å². The smallest absolute Gasteiger partial charge is 0.295 e. The fourth-order valence-electron chi connectivity index (χ4n) is 4.21. The average molecular weight is 496 g/mol. The van der Waals surface area contributed by atoms with Gasteiger partial charge in [-0.2, -0.15) is 0 Å². The maximum atomic E-state index is 13.4. The standard InChI is InChI=1S/C27H23ClFNO5/c1-15-5-4-6-17(11-15)24-23(25(31)19-12-20(28)22(35-3)13-21(19)34-2)26(32)27(33)30(24)14-16-7-9-18(29)10-8-16/h4-13,24,31H,14H2,1-3H3/b25-23+. The summed E-state index contributed by atoms with van der Waals surface area (Å²) in [7, 11) is 2.85. The van der Waals surface area contributed by atoms with Gasteiger partial charge in [-0.25, -0.2) is 4.39 Å². The molecular formula is C27H23ClFNO5. The number of ether oxygens (including phenoxy) is 2. The number of rotatable bonds is 6. The summed E-state index contributed by atoms with van der Waals surface area (Å²) in [6, 6.07) is 15.0. The van der Waals surface area contributed by atoms with Crippen LogP contribution in [0.4, 0.5) is 4.39 Å². The number of aliphatic hydroxyl groups is 1. The number of hydrogen-bond donors (Lipinski definition) is 1. The number of carbonyl (C=O) groups excluding carboxylic acids is 2. The summed E-state index contributed by atoms with van der Waals surface area (Å²) >= 11 is 6.29. The van der Waals surface area contributed by atoms with E-state index in [1.807, 2.05) is 25.1 Å². The van der Waals surface area contributed by atoms with Crippen LogP contribution in [0.25, 0.3) is 5.76 Å². The van der Waals surface area contributed by atoms with Crippen molar-refractivity contribution in [3.05, 3.63) is 99.3 Å². The van der Waals surface area contributed by atoms with Gasteiger partial charge in [0.25, 0.3) is 11.7 Å². The Hall–Kier alpha value is -3.84. The number of carbonyl (C=O) groups is 2. The summed E-state index contributed by atoms with van der Waals surface area (Å²) in [6.07, 6.45) is 0. The molecule has 1 atom stereocenters. The van der Waals surface area contributed by atoms with Gasteiger partial charge in [0, 0.05) is 12.6 Å². The highest BCUT2D eigenvalue weighted by Crippen LogP contribution is 2.43.